The van der Waals surface area contributed by atoms with Crippen LogP contribution in [0.15, 0.2) is 22.7 Å². The molecule has 2 unspecified atom stereocenters. The Balaban J connectivity index is 2.09. The lowest BCUT2D eigenvalue weighted by atomic mass is 9.90. The fraction of sp³-hybridized carbons (Fsp3) is 0.357. The minimum absolute atomic E-state index is 0.0345. The van der Waals surface area contributed by atoms with E-state index in [1.54, 1.807) is 4.90 Å². The van der Waals surface area contributed by atoms with Crippen LogP contribution < -0.4 is 10.1 Å². The molecule has 1 N–H and O–H groups in total. The molecule has 0 spiro atoms. The summed E-state index contributed by atoms with van der Waals surface area (Å²) in [5.74, 6) is 3.29. The highest BCUT2D eigenvalue weighted by molar-refractivity contribution is 9.10. The Bertz CT molecular complexity index is 596. The van der Waals surface area contributed by atoms with Crippen molar-refractivity contribution in [2.75, 3.05) is 6.54 Å². The van der Waals surface area contributed by atoms with E-state index in [0.29, 0.717) is 6.42 Å². The van der Waals surface area contributed by atoms with Crippen molar-refractivity contribution in [2.45, 2.75) is 25.1 Å². The molecular formula is C14H13BrN2O2. The predicted molar refractivity (Wildman–Crippen MR) is 74.6 cm³/mol. The summed E-state index contributed by atoms with van der Waals surface area (Å²) in [6, 6.07) is 5.63. The molecule has 19 heavy (non-hydrogen) atoms. The third kappa shape index (κ3) is 1.79. The number of carbonyl (C=O) groups excluding carboxylic acids is 1. The van der Waals surface area contributed by atoms with Crippen LogP contribution in [0, 0.1) is 12.3 Å². The van der Waals surface area contributed by atoms with Crippen LogP contribution in [0.5, 0.6) is 5.75 Å². The van der Waals surface area contributed by atoms with E-state index in [0.717, 1.165) is 15.8 Å². The highest BCUT2D eigenvalue weighted by Crippen LogP contribution is 2.46. The normalized spacial score (nSPS) is 27.9. The topological polar surface area (TPSA) is 41.6 Å². The van der Waals surface area contributed by atoms with Gasteiger partial charge in [0, 0.05) is 12.0 Å². The lowest BCUT2D eigenvalue weighted by Gasteiger charge is -2.50. The maximum absolute atomic E-state index is 12.1. The molecule has 4 nitrogen and oxygen atoms in total. The Hall–Kier alpha value is -1.67. The van der Waals surface area contributed by atoms with Gasteiger partial charge in [-0.15, -0.1) is 6.42 Å². The Labute approximate surface area is 120 Å². The first-order valence-corrected chi connectivity index (χ1v) is 6.83. The number of nitrogens with one attached hydrogen (secondary N) is 1. The molecule has 5 heteroatoms. The quantitative estimate of drug-likeness (QED) is 0.808. The van der Waals surface area contributed by atoms with Crippen LogP contribution >= 0.6 is 15.9 Å². The summed E-state index contributed by atoms with van der Waals surface area (Å²) in [5, 5.41) is 2.98. The number of amides is 2. The van der Waals surface area contributed by atoms with E-state index < -0.39 is 5.72 Å². The van der Waals surface area contributed by atoms with Crippen LogP contribution in [0.1, 0.15) is 24.9 Å². The third-order valence-electron chi connectivity index (χ3n) is 3.64. The summed E-state index contributed by atoms with van der Waals surface area (Å²) in [6.45, 7) is 2.13. The SMILES string of the molecule is C#CCN1C(=O)NC2CC1(C)Oc1c(Br)cccc12. The van der Waals surface area contributed by atoms with Crippen LogP contribution in [0.4, 0.5) is 4.79 Å². The van der Waals surface area contributed by atoms with Crippen LogP contribution in [0.3, 0.4) is 0 Å². The van der Waals surface area contributed by atoms with Crippen molar-refractivity contribution >= 4 is 22.0 Å². The molecule has 2 amide bonds. The number of hydrogen-bond donors (Lipinski definition) is 1. The molecular weight excluding hydrogens is 308 g/mol. The molecule has 0 aromatic heterocycles. The van der Waals surface area contributed by atoms with E-state index >= 15 is 0 Å². The molecule has 0 radical (unpaired) electrons. The molecule has 3 rings (SSSR count). The molecule has 2 atom stereocenters. The summed E-state index contributed by atoms with van der Waals surface area (Å²) < 4.78 is 6.97. The average molecular weight is 321 g/mol. The van der Waals surface area contributed by atoms with Crippen LogP contribution in [0.25, 0.3) is 0 Å². The van der Waals surface area contributed by atoms with Gasteiger partial charge >= 0.3 is 6.03 Å². The Morgan fingerprint density at radius 2 is 2.47 bits per heavy atom. The number of carbonyl (C=O) groups is 1. The van der Waals surface area contributed by atoms with Gasteiger partial charge in [-0.3, -0.25) is 4.90 Å². The predicted octanol–water partition coefficient (Wildman–Crippen LogP) is 2.65. The van der Waals surface area contributed by atoms with E-state index in [2.05, 4.69) is 27.2 Å². The molecule has 2 heterocycles. The number of urea groups is 1. The van der Waals surface area contributed by atoms with Gasteiger partial charge in [-0.25, -0.2) is 4.79 Å². The first-order valence-electron chi connectivity index (χ1n) is 6.04. The molecule has 98 valence electrons. The second-order valence-corrected chi connectivity index (χ2v) is 5.79. The van der Waals surface area contributed by atoms with E-state index in [1.165, 1.54) is 0 Å². The zero-order valence-electron chi connectivity index (χ0n) is 10.4. The van der Waals surface area contributed by atoms with Gasteiger partial charge in [0.15, 0.2) is 5.72 Å². The second kappa shape index (κ2) is 4.17. The van der Waals surface area contributed by atoms with Crippen molar-refractivity contribution in [1.82, 2.24) is 10.2 Å². The lowest BCUT2D eigenvalue weighted by Crippen LogP contribution is -2.64. The monoisotopic (exact) mass is 320 g/mol. The maximum Gasteiger partial charge on any atom is 0.321 e. The fourth-order valence-electron chi connectivity index (χ4n) is 2.72. The number of ether oxygens (including phenoxy) is 1. The van der Waals surface area contributed by atoms with Gasteiger partial charge in [-0.1, -0.05) is 18.1 Å². The van der Waals surface area contributed by atoms with E-state index in [-0.39, 0.29) is 18.6 Å². The molecule has 0 saturated carbocycles. The van der Waals surface area contributed by atoms with Crippen molar-refractivity contribution in [1.29, 1.82) is 0 Å². The van der Waals surface area contributed by atoms with Crippen LogP contribution in [-0.4, -0.2) is 23.2 Å². The first-order chi connectivity index (χ1) is 9.05. The van der Waals surface area contributed by atoms with Gasteiger partial charge < -0.3 is 10.1 Å². The minimum atomic E-state index is -0.698. The summed E-state index contributed by atoms with van der Waals surface area (Å²) in [7, 11) is 0. The zero-order chi connectivity index (χ0) is 13.6. The van der Waals surface area contributed by atoms with Crippen molar-refractivity contribution in [2.24, 2.45) is 0 Å². The first kappa shape index (κ1) is 12.4. The van der Waals surface area contributed by atoms with Gasteiger partial charge in [-0.2, -0.15) is 0 Å². The van der Waals surface area contributed by atoms with Gasteiger partial charge in [0.2, 0.25) is 0 Å². The molecule has 2 aliphatic heterocycles. The Kier molecular flexibility index (Phi) is 2.72. The lowest BCUT2D eigenvalue weighted by molar-refractivity contribution is -0.0784. The standard InChI is InChI=1S/C14H13BrN2O2/c1-3-7-17-13(18)16-11-8-14(17,2)19-12-9(11)5-4-6-10(12)15/h1,4-6,11H,7-8H2,2H3,(H,16,18). The molecule has 2 bridgehead atoms. The summed E-state index contributed by atoms with van der Waals surface area (Å²) in [5.41, 5.74) is 0.302. The number of halogens is 1. The molecule has 0 aliphatic carbocycles. The van der Waals surface area contributed by atoms with Crippen molar-refractivity contribution in [3.05, 3.63) is 28.2 Å². The molecule has 1 aromatic carbocycles. The molecule has 1 fully saturated rings. The Morgan fingerprint density at radius 3 is 3.21 bits per heavy atom. The number of fused-ring (bicyclic) bond motifs is 4. The highest BCUT2D eigenvalue weighted by atomic mass is 79.9. The maximum atomic E-state index is 12.1. The third-order valence-corrected chi connectivity index (χ3v) is 4.27. The number of para-hydroxylation sites is 1. The highest BCUT2D eigenvalue weighted by Gasteiger charge is 2.49. The van der Waals surface area contributed by atoms with Crippen molar-refractivity contribution in [3.63, 3.8) is 0 Å². The minimum Gasteiger partial charge on any atom is -0.466 e. The Morgan fingerprint density at radius 1 is 1.68 bits per heavy atom. The van der Waals surface area contributed by atoms with Gasteiger partial charge in [-0.05, 0) is 28.9 Å². The van der Waals surface area contributed by atoms with Crippen molar-refractivity contribution in [3.8, 4) is 18.1 Å². The van der Waals surface area contributed by atoms with Crippen molar-refractivity contribution < 1.29 is 9.53 Å². The smallest absolute Gasteiger partial charge is 0.321 e. The van der Waals surface area contributed by atoms with E-state index in [1.807, 2.05) is 25.1 Å². The zero-order valence-corrected chi connectivity index (χ0v) is 12.0. The number of hydrogen-bond acceptors (Lipinski definition) is 2. The van der Waals surface area contributed by atoms with E-state index in [4.69, 9.17) is 11.2 Å². The summed E-state index contributed by atoms with van der Waals surface area (Å²) in [6.07, 6.45) is 6.02. The van der Waals surface area contributed by atoms with Crippen LogP contribution in [0.2, 0.25) is 0 Å². The van der Waals surface area contributed by atoms with Gasteiger partial charge in [0.05, 0.1) is 17.1 Å². The van der Waals surface area contributed by atoms with E-state index in [9.17, 15) is 4.79 Å². The molecule has 1 aromatic rings. The second-order valence-electron chi connectivity index (χ2n) is 4.93. The fourth-order valence-corrected chi connectivity index (χ4v) is 3.19. The number of rotatable bonds is 1. The molecule has 2 aliphatic rings. The summed E-state index contributed by atoms with van der Waals surface area (Å²) in [4.78, 5) is 13.7. The summed E-state index contributed by atoms with van der Waals surface area (Å²) >= 11 is 3.49. The van der Waals surface area contributed by atoms with Gasteiger partial charge in [0.25, 0.3) is 0 Å². The number of terminal acetylenes is 1. The average Bonchev–Trinajstić information content (AvgIpc) is 2.36. The number of nitrogens with zero attached hydrogens (tertiary/aromatic N) is 1. The number of benzene rings is 1. The molecule has 1 saturated heterocycles. The largest absolute Gasteiger partial charge is 0.466 e. The van der Waals surface area contributed by atoms with Crippen LogP contribution in [-0.2, 0) is 0 Å². The van der Waals surface area contributed by atoms with Gasteiger partial charge in [0.1, 0.15) is 5.75 Å².